The molecule has 2 amide bonds. The summed E-state index contributed by atoms with van der Waals surface area (Å²) in [7, 11) is 0. The van der Waals surface area contributed by atoms with E-state index in [1.807, 2.05) is 24.3 Å². The molecule has 0 saturated heterocycles. The molecule has 2 aromatic rings. The van der Waals surface area contributed by atoms with Gasteiger partial charge in [-0.1, -0.05) is 41.9 Å². The number of hydrogen-bond donors (Lipinski definition) is 2. The van der Waals surface area contributed by atoms with Gasteiger partial charge in [-0.2, -0.15) is 0 Å². The maximum Gasteiger partial charge on any atom is 0.319 e. The van der Waals surface area contributed by atoms with E-state index in [1.54, 1.807) is 12.1 Å². The van der Waals surface area contributed by atoms with E-state index in [-0.39, 0.29) is 12.1 Å². The van der Waals surface area contributed by atoms with Gasteiger partial charge in [-0.25, -0.2) is 4.79 Å². The summed E-state index contributed by atoms with van der Waals surface area (Å²) in [5.41, 5.74) is 3.23. The van der Waals surface area contributed by atoms with E-state index in [9.17, 15) is 4.79 Å². The molecule has 20 heavy (non-hydrogen) atoms. The lowest BCUT2D eigenvalue weighted by Gasteiger charge is -2.15. The molecule has 0 spiro atoms. The molecular formula is C16H15ClN2O. The van der Waals surface area contributed by atoms with E-state index < -0.39 is 0 Å². The minimum atomic E-state index is -0.200. The Labute approximate surface area is 123 Å². The van der Waals surface area contributed by atoms with Crippen molar-refractivity contribution < 1.29 is 4.79 Å². The Morgan fingerprint density at radius 2 is 2.00 bits per heavy atom. The van der Waals surface area contributed by atoms with Crippen LogP contribution in [0, 0.1) is 0 Å². The van der Waals surface area contributed by atoms with Crippen molar-refractivity contribution in [2.75, 3.05) is 5.32 Å². The molecule has 102 valence electrons. The van der Waals surface area contributed by atoms with Crippen molar-refractivity contribution in [2.24, 2.45) is 0 Å². The van der Waals surface area contributed by atoms with Gasteiger partial charge in [0.1, 0.15) is 0 Å². The number of hydrogen-bond acceptors (Lipinski definition) is 1. The number of anilines is 1. The molecule has 0 aliphatic heterocycles. The van der Waals surface area contributed by atoms with Crippen LogP contribution in [0.4, 0.5) is 10.5 Å². The summed E-state index contributed by atoms with van der Waals surface area (Å²) in [6.45, 7) is 0. The first-order valence-electron chi connectivity index (χ1n) is 6.63. The topological polar surface area (TPSA) is 41.1 Å². The summed E-state index contributed by atoms with van der Waals surface area (Å²) in [5, 5.41) is 6.42. The Morgan fingerprint density at radius 1 is 1.15 bits per heavy atom. The highest BCUT2D eigenvalue weighted by Crippen LogP contribution is 2.30. The third-order valence-corrected chi connectivity index (χ3v) is 3.76. The number of fused-ring (bicyclic) bond motifs is 1. The zero-order valence-electron chi connectivity index (χ0n) is 10.9. The minimum Gasteiger partial charge on any atom is -0.331 e. The van der Waals surface area contributed by atoms with Crippen molar-refractivity contribution in [3.63, 3.8) is 0 Å². The Morgan fingerprint density at radius 3 is 2.85 bits per heavy atom. The molecule has 2 aromatic carbocycles. The first kappa shape index (κ1) is 13.0. The second-order valence-electron chi connectivity index (χ2n) is 4.90. The van der Waals surface area contributed by atoms with Gasteiger partial charge in [0.05, 0.1) is 6.04 Å². The first-order chi connectivity index (χ1) is 9.72. The zero-order valence-corrected chi connectivity index (χ0v) is 11.7. The average molecular weight is 287 g/mol. The zero-order chi connectivity index (χ0) is 13.9. The van der Waals surface area contributed by atoms with E-state index in [2.05, 4.69) is 22.8 Å². The largest absolute Gasteiger partial charge is 0.331 e. The van der Waals surface area contributed by atoms with Crippen LogP contribution in [0.3, 0.4) is 0 Å². The summed E-state index contributed by atoms with van der Waals surface area (Å²) in [6.07, 6.45) is 1.96. The molecule has 0 aromatic heterocycles. The smallest absolute Gasteiger partial charge is 0.319 e. The van der Waals surface area contributed by atoms with Crippen molar-refractivity contribution in [3.8, 4) is 0 Å². The second-order valence-corrected chi connectivity index (χ2v) is 5.34. The second kappa shape index (κ2) is 5.55. The van der Waals surface area contributed by atoms with Crippen molar-refractivity contribution >= 4 is 23.3 Å². The molecule has 0 bridgehead atoms. The van der Waals surface area contributed by atoms with Crippen LogP contribution >= 0.6 is 11.6 Å². The molecule has 1 aliphatic rings. The molecular weight excluding hydrogens is 272 g/mol. The molecule has 0 heterocycles. The van der Waals surface area contributed by atoms with E-state index in [0.29, 0.717) is 10.7 Å². The maximum atomic E-state index is 12.0. The van der Waals surface area contributed by atoms with Crippen LogP contribution in [0.15, 0.2) is 48.5 Å². The highest BCUT2D eigenvalue weighted by molar-refractivity contribution is 6.30. The number of halogens is 1. The van der Waals surface area contributed by atoms with Crippen LogP contribution in [-0.2, 0) is 6.42 Å². The monoisotopic (exact) mass is 286 g/mol. The summed E-state index contributed by atoms with van der Waals surface area (Å²) in [6, 6.07) is 15.2. The number of carbonyl (C=O) groups is 1. The molecule has 0 saturated carbocycles. The lowest BCUT2D eigenvalue weighted by molar-refractivity contribution is 0.248. The van der Waals surface area contributed by atoms with Gasteiger partial charge in [-0.05, 0) is 42.2 Å². The van der Waals surface area contributed by atoms with Gasteiger partial charge >= 0.3 is 6.03 Å². The van der Waals surface area contributed by atoms with E-state index in [0.717, 1.165) is 12.8 Å². The highest BCUT2D eigenvalue weighted by atomic mass is 35.5. The molecule has 0 fully saturated rings. The highest BCUT2D eigenvalue weighted by Gasteiger charge is 2.23. The Hall–Kier alpha value is -2.00. The van der Waals surface area contributed by atoms with Gasteiger partial charge in [-0.15, -0.1) is 0 Å². The van der Waals surface area contributed by atoms with Gasteiger partial charge in [0, 0.05) is 10.7 Å². The summed E-state index contributed by atoms with van der Waals surface area (Å²) in [4.78, 5) is 12.0. The van der Waals surface area contributed by atoms with Crippen molar-refractivity contribution in [2.45, 2.75) is 18.9 Å². The van der Waals surface area contributed by atoms with Crippen molar-refractivity contribution in [1.29, 1.82) is 0 Å². The normalized spacial score (nSPS) is 16.6. The number of nitrogens with one attached hydrogen (secondary N) is 2. The van der Waals surface area contributed by atoms with E-state index >= 15 is 0 Å². The number of carbonyl (C=O) groups excluding carboxylic acids is 1. The Bertz CT molecular complexity index is 642. The number of amides is 2. The average Bonchev–Trinajstić information content (AvgIpc) is 2.82. The molecule has 1 aliphatic carbocycles. The molecule has 4 heteroatoms. The van der Waals surface area contributed by atoms with Gasteiger partial charge in [0.15, 0.2) is 0 Å². The maximum absolute atomic E-state index is 12.0. The fraction of sp³-hybridized carbons (Fsp3) is 0.188. The van der Waals surface area contributed by atoms with E-state index in [1.165, 1.54) is 11.1 Å². The van der Waals surface area contributed by atoms with Crippen molar-refractivity contribution in [1.82, 2.24) is 5.32 Å². The third-order valence-electron chi connectivity index (χ3n) is 3.52. The number of aryl methyl sites for hydroxylation is 1. The number of urea groups is 1. The van der Waals surface area contributed by atoms with E-state index in [4.69, 9.17) is 11.6 Å². The van der Waals surface area contributed by atoms with Crippen LogP contribution in [0.2, 0.25) is 5.02 Å². The molecule has 2 N–H and O–H groups in total. The molecule has 1 atom stereocenters. The minimum absolute atomic E-state index is 0.0883. The molecule has 0 radical (unpaired) electrons. The van der Waals surface area contributed by atoms with Crippen molar-refractivity contribution in [3.05, 3.63) is 64.7 Å². The predicted molar refractivity (Wildman–Crippen MR) is 81.1 cm³/mol. The molecule has 1 unspecified atom stereocenters. The summed E-state index contributed by atoms with van der Waals surface area (Å²) >= 11 is 5.89. The Balaban J connectivity index is 1.66. The van der Waals surface area contributed by atoms with Gasteiger partial charge in [0.2, 0.25) is 0 Å². The number of rotatable bonds is 2. The first-order valence-corrected chi connectivity index (χ1v) is 7.01. The summed E-state index contributed by atoms with van der Waals surface area (Å²) < 4.78 is 0. The van der Waals surface area contributed by atoms with Crippen LogP contribution in [0.25, 0.3) is 0 Å². The van der Waals surface area contributed by atoms with Gasteiger partial charge < -0.3 is 10.6 Å². The van der Waals surface area contributed by atoms with Gasteiger partial charge in [-0.3, -0.25) is 0 Å². The van der Waals surface area contributed by atoms with Crippen LogP contribution < -0.4 is 10.6 Å². The predicted octanol–water partition coefficient (Wildman–Crippen LogP) is 4.15. The lowest BCUT2D eigenvalue weighted by atomic mass is 10.1. The lowest BCUT2D eigenvalue weighted by Crippen LogP contribution is -2.31. The third kappa shape index (κ3) is 2.78. The molecule has 3 rings (SSSR count). The standard InChI is InChI=1S/C16H15ClN2O/c17-12-5-3-6-13(10-12)18-16(20)19-15-9-8-11-4-1-2-7-14(11)15/h1-7,10,15H,8-9H2,(H2,18,19,20). The quantitative estimate of drug-likeness (QED) is 0.855. The van der Waals surface area contributed by atoms with Crippen LogP contribution in [-0.4, -0.2) is 6.03 Å². The van der Waals surface area contributed by atoms with Crippen LogP contribution in [0.1, 0.15) is 23.6 Å². The van der Waals surface area contributed by atoms with Crippen LogP contribution in [0.5, 0.6) is 0 Å². The number of benzene rings is 2. The SMILES string of the molecule is O=C(Nc1cccc(Cl)c1)NC1CCc2ccccc21. The molecule has 3 nitrogen and oxygen atoms in total. The van der Waals surface area contributed by atoms with Gasteiger partial charge in [0.25, 0.3) is 0 Å². The Kier molecular flexibility index (Phi) is 3.61. The fourth-order valence-electron chi connectivity index (χ4n) is 2.60. The fourth-order valence-corrected chi connectivity index (χ4v) is 2.79. The summed E-state index contributed by atoms with van der Waals surface area (Å²) in [5.74, 6) is 0.